The van der Waals surface area contributed by atoms with Gasteiger partial charge in [0.15, 0.2) is 46.4 Å². The minimum Gasteiger partial charge on any atom is -0.394 e. The van der Waals surface area contributed by atoms with E-state index in [1.807, 2.05) is 12.2 Å². The lowest BCUT2D eigenvalue weighted by Crippen LogP contribution is -2.42. The fourth-order valence-corrected chi connectivity index (χ4v) is 7.59. The fourth-order valence-electron chi connectivity index (χ4n) is 5.64. The Kier molecular flexibility index (Phi) is 11.1. The number of ether oxygens (including phenoxy) is 2. The van der Waals surface area contributed by atoms with Gasteiger partial charge in [-0.15, -0.1) is 0 Å². The summed E-state index contributed by atoms with van der Waals surface area (Å²) in [7, 11) is -4.20. The Morgan fingerprint density at radius 2 is 1.15 bits per heavy atom. The van der Waals surface area contributed by atoms with Crippen LogP contribution in [0.2, 0.25) is 0 Å². The predicted octanol–water partition coefficient (Wildman–Crippen LogP) is -0.362. The highest BCUT2D eigenvalue weighted by molar-refractivity contribution is 8.40. The Morgan fingerprint density at radius 1 is 0.729 bits per heavy atom. The number of aliphatic hydroxyl groups is 4. The van der Waals surface area contributed by atoms with Crippen molar-refractivity contribution in [3.05, 3.63) is 37.5 Å². The third-order valence-electron chi connectivity index (χ3n) is 7.84. The first-order chi connectivity index (χ1) is 23.2. The van der Waals surface area contributed by atoms with Crippen molar-refractivity contribution >= 4 is 72.8 Å². The van der Waals surface area contributed by atoms with Gasteiger partial charge in [-0.05, 0) is 9.13 Å². The number of hydrogen-bond donors (Lipinski definition) is 10. The van der Waals surface area contributed by atoms with E-state index in [1.165, 1.54) is 34.4 Å². The number of fused-ring (bicyclic) bond motifs is 2. The largest absolute Gasteiger partial charge is 0.504 e. The van der Waals surface area contributed by atoms with Crippen molar-refractivity contribution in [2.75, 3.05) is 36.9 Å². The summed E-state index contributed by atoms with van der Waals surface area (Å²) in [4.78, 5) is 25.9. The molecule has 10 atom stereocenters. The Labute approximate surface area is 283 Å². The molecular formula is C24H32N12O8P2S2+2. The molecule has 8 N–H and O–H groups in total. The first-order valence-corrected chi connectivity index (χ1v) is 19.3. The van der Waals surface area contributed by atoms with Crippen LogP contribution in [0.5, 0.6) is 0 Å². The molecule has 0 spiro atoms. The van der Waals surface area contributed by atoms with Crippen molar-refractivity contribution in [3.63, 3.8) is 0 Å². The number of imidazole rings is 2. The van der Waals surface area contributed by atoms with E-state index >= 15 is 0 Å². The standard InChI is InChI=1S/C24H30N12O8P2S2/c37-5-11-13(33-45(41)47)17(39)23(43-11)35-9-31-15-19(27-7-29-21(15)35)25-3-1-2-4-26-20-16-22(30-8-28-20)36(10-32-16)24-18(40)14(34-46(42)48)12(6-38)44-24/h1-2,7-14,17-18,23-24,37-40H,3-6H2,(H4-2,25,26,27,28,29,30,33,34,41,42,47,48)/p+2/b2-1+/t11-,12-,13?,14?,17-,18-,23-,24?/m1/s1. The summed E-state index contributed by atoms with van der Waals surface area (Å²) >= 11 is 7.69. The van der Waals surface area contributed by atoms with Crippen LogP contribution in [-0.2, 0) is 18.6 Å². The average molecular weight is 743 g/mol. The topological polar surface area (TPSA) is 269 Å². The van der Waals surface area contributed by atoms with Gasteiger partial charge in [0.25, 0.3) is 0 Å². The van der Waals surface area contributed by atoms with E-state index in [4.69, 9.17) is 9.47 Å². The molecule has 6 rings (SSSR count). The number of hydrogen-bond acceptors (Lipinski definition) is 16. The maximum absolute atomic E-state index is 11.6. The predicted molar refractivity (Wildman–Crippen MR) is 178 cm³/mol. The molecule has 256 valence electrons. The van der Waals surface area contributed by atoms with Gasteiger partial charge in [0.2, 0.25) is 0 Å². The van der Waals surface area contributed by atoms with E-state index in [9.17, 15) is 29.6 Å². The molecule has 0 amide bonds. The third-order valence-corrected chi connectivity index (χ3v) is 9.57. The normalized spacial score (nSPS) is 28.1. The zero-order valence-electron chi connectivity index (χ0n) is 24.7. The van der Waals surface area contributed by atoms with Crippen molar-refractivity contribution in [1.29, 1.82) is 0 Å². The van der Waals surface area contributed by atoms with Gasteiger partial charge in [-0.1, -0.05) is 22.3 Å². The third kappa shape index (κ3) is 7.02. The summed E-state index contributed by atoms with van der Waals surface area (Å²) in [6, 6.07) is -1.63. The lowest BCUT2D eigenvalue weighted by Gasteiger charge is -2.17. The molecule has 2 fully saturated rings. The van der Waals surface area contributed by atoms with Crippen LogP contribution in [0, 0.1) is 0 Å². The fraction of sp³-hybridized carbons (Fsp3) is 0.500. The molecule has 2 aliphatic heterocycles. The monoisotopic (exact) mass is 742 g/mol. The molecule has 2 aliphatic rings. The number of anilines is 2. The van der Waals surface area contributed by atoms with Gasteiger partial charge in [-0.25, -0.2) is 29.9 Å². The van der Waals surface area contributed by atoms with E-state index < -0.39 is 76.5 Å². The van der Waals surface area contributed by atoms with Crippen molar-refractivity contribution in [2.45, 2.75) is 49.0 Å². The molecule has 0 bridgehead atoms. The number of rotatable bonds is 14. The molecule has 4 aromatic rings. The zero-order valence-corrected chi connectivity index (χ0v) is 28.3. The van der Waals surface area contributed by atoms with Gasteiger partial charge >= 0.3 is 14.3 Å². The van der Waals surface area contributed by atoms with Crippen LogP contribution in [0.25, 0.3) is 22.3 Å². The second-order valence-electron chi connectivity index (χ2n) is 10.7. The number of aromatic nitrogens is 8. The molecule has 0 aromatic carbocycles. The van der Waals surface area contributed by atoms with Crippen LogP contribution < -0.4 is 20.8 Å². The van der Waals surface area contributed by atoms with Crippen molar-refractivity contribution < 1.29 is 39.0 Å². The molecule has 2 saturated heterocycles. The van der Waals surface area contributed by atoms with Crippen LogP contribution in [0.3, 0.4) is 0 Å². The van der Waals surface area contributed by atoms with Gasteiger partial charge < -0.3 is 40.5 Å². The molecule has 6 heterocycles. The molecule has 20 nitrogen and oxygen atoms in total. The van der Waals surface area contributed by atoms with Crippen molar-refractivity contribution in [1.82, 2.24) is 49.2 Å². The van der Waals surface area contributed by atoms with Gasteiger partial charge in [-0.2, -0.15) is 0 Å². The highest BCUT2D eigenvalue weighted by Crippen LogP contribution is 2.37. The highest BCUT2D eigenvalue weighted by atomic mass is 32.7. The van der Waals surface area contributed by atoms with Gasteiger partial charge in [0.05, 0.1) is 25.9 Å². The zero-order chi connectivity index (χ0) is 33.9. The Balaban J connectivity index is 1.07. The summed E-state index contributed by atoms with van der Waals surface area (Å²) in [6.45, 7) is -0.0644. The smallest absolute Gasteiger partial charge is 0.394 e. The maximum Gasteiger partial charge on any atom is 0.504 e. The van der Waals surface area contributed by atoms with Crippen LogP contribution in [0.1, 0.15) is 12.5 Å². The second kappa shape index (κ2) is 15.3. The number of nitrogens with zero attached hydrogens (tertiary/aromatic N) is 8. The minimum atomic E-state index is -2.10. The second-order valence-corrected chi connectivity index (χ2v) is 14.4. The van der Waals surface area contributed by atoms with Crippen LogP contribution in [-0.4, -0.2) is 122 Å². The van der Waals surface area contributed by atoms with Crippen molar-refractivity contribution in [3.8, 4) is 0 Å². The Hall–Kier alpha value is -2.98. The summed E-state index contributed by atoms with van der Waals surface area (Å²) in [6.07, 6.45) is 3.42. The Bertz CT molecular complexity index is 1690. The lowest BCUT2D eigenvalue weighted by molar-refractivity contribution is -0.0489. The first-order valence-electron chi connectivity index (χ1n) is 14.4. The van der Waals surface area contributed by atoms with Gasteiger partial charge in [0, 0.05) is 13.1 Å². The molecule has 4 aromatic heterocycles. The maximum atomic E-state index is 11.6. The van der Waals surface area contributed by atoms with Crippen LogP contribution >= 0.6 is 38.8 Å². The van der Waals surface area contributed by atoms with Gasteiger partial charge in [-0.3, -0.25) is 9.13 Å². The summed E-state index contributed by atoms with van der Waals surface area (Å²) in [5, 5.41) is 52.7. The number of thiol groups is 2. The summed E-state index contributed by atoms with van der Waals surface area (Å²) in [5.41, 5.74) is 1.63. The average Bonchev–Trinajstić information content (AvgIpc) is 3.83. The van der Waals surface area contributed by atoms with Gasteiger partial charge in [0.1, 0.15) is 73.7 Å². The molecule has 24 heteroatoms. The minimum absolute atomic E-state index is 0.376. The summed E-state index contributed by atoms with van der Waals surface area (Å²) in [5.74, 6) is 0.884. The molecule has 0 radical (unpaired) electrons. The highest BCUT2D eigenvalue weighted by Gasteiger charge is 2.49. The van der Waals surface area contributed by atoms with Crippen LogP contribution in [0.4, 0.5) is 11.6 Å². The molecule has 0 aliphatic carbocycles. The SMILES string of the molecule is O=[P+](S)NC1[C@@H](O)C(n2cnc3c(NC/C=C/CNc4ncnc5c4ncn5[C@@H]4O[C@H](CO)C(N[P+](=O)S)[C@H]4O)ncnc32)O[C@@H]1CO. The molecule has 48 heavy (non-hydrogen) atoms. The van der Waals surface area contributed by atoms with Crippen molar-refractivity contribution in [2.24, 2.45) is 0 Å². The van der Waals surface area contributed by atoms with E-state index in [0.29, 0.717) is 47.1 Å². The number of aliphatic hydroxyl groups excluding tert-OH is 4. The Morgan fingerprint density at radius 3 is 1.52 bits per heavy atom. The van der Waals surface area contributed by atoms with Crippen LogP contribution in [0.15, 0.2) is 37.5 Å². The molecule has 0 saturated carbocycles. The number of nitrogens with one attached hydrogen (secondary N) is 4. The molecule has 5 unspecified atom stereocenters. The van der Waals surface area contributed by atoms with E-state index in [0.717, 1.165) is 0 Å². The van der Waals surface area contributed by atoms with E-state index in [2.05, 4.69) is 75.2 Å². The first kappa shape index (κ1) is 34.9. The lowest BCUT2D eigenvalue weighted by atomic mass is 10.1. The molecular weight excluding hydrogens is 710 g/mol. The quantitative estimate of drug-likeness (QED) is 0.0449. The van der Waals surface area contributed by atoms with E-state index in [1.54, 1.807) is 0 Å². The summed E-state index contributed by atoms with van der Waals surface area (Å²) < 4.78 is 37.9. The van der Waals surface area contributed by atoms with E-state index in [-0.39, 0.29) is 0 Å².